The van der Waals surface area contributed by atoms with Gasteiger partial charge in [-0.3, -0.25) is 5.73 Å². The normalized spacial score (nSPS) is 14.5. The standard InChI is InChI=1S/C15H29N2O4/c1-7-11(16)9-20-13(18)12(8-10(2)3)17-14(19)21-15(4,5)6/h10-12,16H,7-9H2,1-6H3,(H,17,19)/t11-,12-/m0/s1. The highest BCUT2D eigenvalue weighted by molar-refractivity contribution is 5.81. The average Bonchev–Trinajstić information content (AvgIpc) is 2.31. The number of rotatable bonds is 7. The zero-order valence-electron chi connectivity index (χ0n) is 14.0. The molecule has 2 atom stereocenters. The van der Waals surface area contributed by atoms with Crippen LogP contribution in [0.15, 0.2) is 0 Å². The lowest BCUT2D eigenvalue weighted by atomic mass is 10.0. The Bertz CT molecular complexity index is 337. The van der Waals surface area contributed by atoms with Crippen molar-refractivity contribution in [2.75, 3.05) is 6.61 Å². The fraction of sp³-hybridized carbons (Fsp3) is 0.867. The summed E-state index contributed by atoms with van der Waals surface area (Å²) < 4.78 is 10.2. The summed E-state index contributed by atoms with van der Waals surface area (Å²) in [5.74, 6) is -0.296. The van der Waals surface area contributed by atoms with E-state index in [0.717, 1.165) is 0 Å². The number of esters is 1. The van der Waals surface area contributed by atoms with Gasteiger partial charge in [-0.05, 0) is 39.5 Å². The number of nitrogens with one attached hydrogen (secondary N) is 2. The van der Waals surface area contributed by atoms with Gasteiger partial charge in [-0.1, -0.05) is 20.8 Å². The molecule has 1 amide bonds. The Kier molecular flexibility index (Phi) is 8.32. The molecular formula is C15H29N2O4. The van der Waals surface area contributed by atoms with Gasteiger partial charge in [-0.2, -0.15) is 0 Å². The van der Waals surface area contributed by atoms with Crippen molar-refractivity contribution >= 4 is 12.1 Å². The van der Waals surface area contributed by atoms with Crippen LogP contribution in [0.1, 0.15) is 54.4 Å². The minimum Gasteiger partial charge on any atom is -0.462 e. The molecule has 1 radical (unpaired) electrons. The molecule has 0 spiro atoms. The van der Waals surface area contributed by atoms with E-state index in [9.17, 15) is 9.59 Å². The third-order valence-corrected chi connectivity index (χ3v) is 2.60. The second kappa shape index (κ2) is 8.87. The maximum atomic E-state index is 12.0. The van der Waals surface area contributed by atoms with Crippen molar-refractivity contribution in [2.45, 2.75) is 72.1 Å². The van der Waals surface area contributed by atoms with E-state index in [1.807, 2.05) is 20.8 Å². The van der Waals surface area contributed by atoms with Crippen LogP contribution in [0.5, 0.6) is 0 Å². The molecule has 21 heavy (non-hydrogen) atoms. The molecule has 0 fully saturated rings. The number of alkyl carbamates (subject to hydrolysis) is 1. The lowest BCUT2D eigenvalue weighted by Gasteiger charge is -2.24. The Balaban J connectivity index is 4.57. The van der Waals surface area contributed by atoms with Gasteiger partial charge in [0.05, 0.1) is 6.04 Å². The molecule has 6 nitrogen and oxygen atoms in total. The van der Waals surface area contributed by atoms with Crippen LogP contribution in [0.25, 0.3) is 0 Å². The SMILES string of the molecule is CC[C@H]([NH])COC(=O)[C@H](CC(C)C)NC(=O)OC(C)(C)C. The summed E-state index contributed by atoms with van der Waals surface area (Å²) in [6.45, 7) is 11.1. The Morgan fingerprint density at radius 3 is 2.24 bits per heavy atom. The van der Waals surface area contributed by atoms with Gasteiger partial charge in [0.15, 0.2) is 0 Å². The predicted octanol–water partition coefficient (Wildman–Crippen LogP) is 2.53. The van der Waals surface area contributed by atoms with Crippen molar-refractivity contribution in [3.63, 3.8) is 0 Å². The Labute approximate surface area is 127 Å². The topological polar surface area (TPSA) is 88.4 Å². The molecule has 2 N–H and O–H groups in total. The number of amides is 1. The molecule has 0 aromatic carbocycles. The Hall–Kier alpha value is -1.30. The van der Waals surface area contributed by atoms with Crippen LogP contribution in [0.2, 0.25) is 0 Å². The van der Waals surface area contributed by atoms with E-state index in [1.165, 1.54) is 0 Å². The summed E-state index contributed by atoms with van der Waals surface area (Å²) in [4.78, 5) is 23.8. The molecule has 0 saturated heterocycles. The molecule has 0 unspecified atom stereocenters. The van der Waals surface area contributed by atoms with Gasteiger partial charge in [-0.15, -0.1) is 0 Å². The monoisotopic (exact) mass is 301 g/mol. The molecule has 0 saturated carbocycles. The first-order valence-corrected chi connectivity index (χ1v) is 7.42. The molecule has 0 aromatic heterocycles. The lowest BCUT2D eigenvalue weighted by Crippen LogP contribution is -2.45. The quantitative estimate of drug-likeness (QED) is 0.732. The molecule has 0 rings (SSSR count). The number of carbonyl (C=O) groups excluding carboxylic acids is 2. The fourth-order valence-corrected chi connectivity index (χ4v) is 1.54. The fourth-order valence-electron chi connectivity index (χ4n) is 1.54. The van der Waals surface area contributed by atoms with E-state index in [-0.39, 0.29) is 12.5 Å². The molecule has 123 valence electrons. The van der Waals surface area contributed by atoms with Crippen molar-refractivity contribution in [1.82, 2.24) is 11.1 Å². The largest absolute Gasteiger partial charge is 0.462 e. The van der Waals surface area contributed by atoms with Gasteiger partial charge in [0, 0.05) is 0 Å². The summed E-state index contributed by atoms with van der Waals surface area (Å²) in [7, 11) is 0. The maximum Gasteiger partial charge on any atom is 0.408 e. The minimum atomic E-state index is -0.746. The van der Waals surface area contributed by atoms with Gasteiger partial charge in [-0.25, -0.2) is 9.59 Å². The highest BCUT2D eigenvalue weighted by Gasteiger charge is 2.26. The summed E-state index contributed by atoms with van der Waals surface area (Å²) in [5.41, 5.74) is 6.95. The lowest BCUT2D eigenvalue weighted by molar-refractivity contribution is -0.147. The smallest absolute Gasteiger partial charge is 0.408 e. The third kappa shape index (κ3) is 10.1. The molecule has 0 aliphatic rings. The van der Waals surface area contributed by atoms with E-state index >= 15 is 0 Å². The van der Waals surface area contributed by atoms with Gasteiger partial charge < -0.3 is 14.8 Å². The average molecular weight is 301 g/mol. The van der Waals surface area contributed by atoms with Gasteiger partial charge in [0.2, 0.25) is 0 Å². The van der Waals surface area contributed by atoms with Crippen LogP contribution in [-0.2, 0) is 14.3 Å². The molecular weight excluding hydrogens is 272 g/mol. The predicted molar refractivity (Wildman–Crippen MR) is 80.7 cm³/mol. The van der Waals surface area contributed by atoms with Gasteiger partial charge in [0.1, 0.15) is 18.2 Å². The highest BCUT2D eigenvalue weighted by atomic mass is 16.6. The van der Waals surface area contributed by atoms with Crippen molar-refractivity contribution in [1.29, 1.82) is 0 Å². The molecule has 0 aliphatic carbocycles. The van der Waals surface area contributed by atoms with Crippen LogP contribution >= 0.6 is 0 Å². The summed E-state index contributed by atoms with van der Waals surface area (Å²) >= 11 is 0. The summed E-state index contributed by atoms with van der Waals surface area (Å²) in [6, 6.07) is -1.18. The first kappa shape index (κ1) is 19.7. The van der Waals surface area contributed by atoms with Gasteiger partial charge in [0.25, 0.3) is 0 Å². The number of hydrogen-bond donors (Lipinski definition) is 1. The van der Waals surface area contributed by atoms with Crippen molar-refractivity contribution in [3.8, 4) is 0 Å². The molecule has 0 aliphatic heterocycles. The Morgan fingerprint density at radius 1 is 1.24 bits per heavy atom. The maximum absolute atomic E-state index is 12.0. The zero-order chi connectivity index (χ0) is 16.6. The Morgan fingerprint density at radius 2 is 1.81 bits per heavy atom. The van der Waals surface area contributed by atoms with E-state index in [4.69, 9.17) is 15.2 Å². The van der Waals surface area contributed by atoms with E-state index in [0.29, 0.717) is 12.8 Å². The van der Waals surface area contributed by atoms with E-state index in [2.05, 4.69) is 5.32 Å². The molecule has 0 heterocycles. The second-order valence-corrected chi connectivity index (χ2v) is 6.56. The number of hydrogen-bond acceptors (Lipinski definition) is 4. The second-order valence-electron chi connectivity index (χ2n) is 6.56. The van der Waals surface area contributed by atoms with Gasteiger partial charge >= 0.3 is 12.1 Å². The summed E-state index contributed by atoms with van der Waals surface area (Å²) in [5, 5.41) is 2.55. The summed E-state index contributed by atoms with van der Waals surface area (Å²) in [6.07, 6.45) is 0.442. The third-order valence-electron chi connectivity index (χ3n) is 2.60. The van der Waals surface area contributed by atoms with Crippen molar-refractivity contribution in [2.24, 2.45) is 5.92 Å². The molecule has 6 heteroatoms. The number of ether oxygens (including phenoxy) is 2. The van der Waals surface area contributed by atoms with Crippen LogP contribution in [0.3, 0.4) is 0 Å². The van der Waals surface area contributed by atoms with Crippen molar-refractivity contribution < 1.29 is 19.1 Å². The first-order chi connectivity index (χ1) is 9.55. The highest BCUT2D eigenvalue weighted by Crippen LogP contribution is 2.10. The van der Waals surface area contributed by atoms with Crippen LogP contribution < -0.4 is 11.1 Å². The van der Waals surface area contributed by atoms with Crippen molar-refractivity contribution in [3.05, 3.63) is 0 Å². The van der Waals surface area contributed by atoms with E-state index in [1.54, 1.807) is 20.8 Å². The van der Waals surface area contributed by atoms with Crippen LogP contribution in [0.4, 0.5) is 4.79 Å². The number of carbonyl (C=O) groups is 2. The molecule has 0 aromatic rings. The van der Waals surface area contributed by atoms with Crippen LogP contribution in [-0.4, -0.2) is 36.4 Å². The van der Waals surface area contributed by atoms with E-state index < -0.39 is 29.7 Å². The molecule has 0 bridgehead atoms. The van der Waals surface area contributed by atoms with Crippen LogP contribution in [0, 0.1) is 5.92 Å². The first-order valence-electron chi connectivity index (χ1n) is 7.42. The zero-order valence-corrected chi connectivity index (χ0v) is 14.0. The minimum absolute atomic E-state index is 0.0416.